The molecule has 7 heteroatoms. The number of sulfonamides is 1. The molecule has 152 valence electrons. The highest BCUT2D eigenvalue weighted by atomic mass is 35.5. The third-order valence-electron chi connectivity index (χ3n) is 5.32. The maximum absolute atomic E-state index is 12.8. The Bertz CT molecular complexity index is 1160. The molecule has 0 atom stereocenters. The van der Waals surface area contributed by atoms with E-state index in [1.807, 2.05) is 18.3 Å². The van der Waals surface area contributed by atoms with E-state index in [9.17, 15) is 8.42 Å². The number of fused-ring (bicyclic) bond motifs is 1. The van der Waals surface area contributed by atoms with Gasteiger partial charge in [0.25, 0.3) is 0 Å². The van der Waals surface area contributed by atoms with Gasteiger partial charge in [0, 0.05) is 47.5 Å². The molecule has 0 radical (unpaired) electrons. The van der Waals surface area contributed by atoms with Crippen LogP contribution >= 0.6 is 11.6 Å². The molecule has 0 saturated heterocycles. The molecule has 29 heavy (non-hydrogen) atoms. The Morgan fingerprint density at radius 1 is 1.17 bits per heavy atom. The van der Waals surface area contributed by atoms with Gasteiger partial charge >= 0.3 is 0 Å². The van der Waals surface area contributed by atoms with Crippen LogP contribution in [0.2, 0.25) is 5.02 Å². The summed E-state index contributed by atoms with van der Waals surface area (Å²) >= 11 is 5.89. The summed E-state index contributed by atoms with van der Waals surface area (Å²) in [6.45, 7) is 5.15. The van der Waals surface area contributed by atoms with E-state index in [1.165, 1.54) is 5.57 Å². The average Bonchev–Trinajstić information content (AvgIpc) is 3.10. The van der Waals surface area contributed by atoms with E-state index < -0.39 is 10.0 Å². The summed E-state index contributed by atoms with van der Waals surface area (Å²) in [5.41, 5.74) is 4.04. The van der Waals surface area contributed by atoms with Crippen LogP contribution in [-0.2, 0) is 15.8 Å². The zero-order valence-electron chi connectivity index (χ0n) is 16.5. The van der Waals surface area contributed by atoms with E-state index in [0.29, 0.717) is 30.6 Å². The number of rotatable bonds is 5. The topological polar surface area (TPSA) is 55.2 Å². The van der Waals surface area contributed by atoms with Gasteiger partial charge in [-0.25, -0.2) is 13.4 Å². The highest BCUT2D eigenvalue weighted by molar-refractivity contribution is 7.88. The van der Waals surface area contributed by atoms with Crippen LogP contribution in [0.3, 0.4) is 0 Å². The van der Waals surface area contributed by atoms with Crippen molar-refractivity contribution in [3.63, 3.8) is 0 Å². The maximum atomic E-state index is 12.8. The lowest BCUT2D eigenvalue weighted by Gasteiger charge is -2.26. The predicted octanol–water partition coefficient (Wildman–Crippen LogP) is 4.89. The molecule has 0 saturated carbocycles. The van der Waals surface area contributed by atoms with Crippen molar-refractivity contribution in [3.05, 3.63) is 71.0 Å². The van der Waals surface area contributed by atoms with Crippen LogP contribution in [-0.4, -0.2) is 35.4 Å². The number of hydrogen-bond donors (Lipinski definition) is 0. The van der Waals surface area contributed by atoms with Gasteiger partial charge < -0.3 is 4.57 Å². The fourth-order valence-corrected chi connectivity index (χ4v) is 5.36. The minimum atomic E-state index is -3.38. The average molecular weight is 430 g/mol. The SMILES string of the molecule is CC(C)n1cc(C2=CCN(S(=O)(=O)Cc3ccc(Cl)cc3)CC2)c2cccnc21. The molecule has 0 bridgehead atoms. The van der Waals surface area contributed by atoms with Gasteiger partial charge in [-0.2, -0.15) is 4.31 Å². The van der Waals surface area contributed by atoms with Crippen LogP contribution in [0.4, 0.5) is 0 Å². The Labute approximate surface area is 176 Å². The molecule has 0 spiro atoms. The Morgan fingerprint density at radius 2 is 1.93 bits per heavy atom. The lowest BCUT2D eigenvalue weighted by atomic mass is 10.0. The van der Waals surface area contributed by atoms with E-state index in [1.54, 1.807) is 28.6 Å². The number of hydrogen-bond acceptors (Lipinski definition) is 3. The highest BCUT2D eigenvalue weighted by Gasteiger charge is 2.26. The van der Waals surface area contributed by atoms with E-state index in [4.69, 9.17) is 11.6 Å². The molecule has 3 heterocycles. The van der Waals surface area contributed by atoms with Gasteiger partial charge in [-0.3, -0.25) is 0 Å². The van der Waals surface area contributed by atoms with Crippen LogP contribution in [0.1, 0.15) is 37.4 Å². The number of nitrogens with zero attached hydrogens (tertiary/aromatic N) is 3. The smallest absolute Gasteiger partial charge is 0.218 e. The lowest BCUT2D eigenvalue weighted by Crippen LogP contribution is -2.35. The molecule has 1 aliphatic heterocycles. The first-order chi connectivity index (χ1) is 13.8. The van der Waals surface area contributed by atoms with Gasteiger partial charge in [-0.05, 0) is 55.7 Å². The second kappa shape index (κ2) is 7.94. The molecule has 1 aliphatic rings. The van der Waals surface area contributed by atoms with Crippen molar-refractivity contribution in [1.82, 2.24) is 13.9 Å². The lowest BCUT2D eigenvalue weighted by molar-refractivity contribution is 0.440. The molecule has 0 N–H and O–H groups in total. The van der Waals surface area contributed by atoms with Crippen LogP contribution in [0, 0.1) is 0 Å². The van der Waals surface area contributed by atoms with Crippen LogP contribution in [0.15, 0.2) is 54.9 Å². The summed E-state index contributed by atoms with van der Waals surface area (Å²) in [7, 11) is -3.38. The van der Waals surface area contributed by atoms with Crippen molar-refractivity contribution in [2.75, 3.05) is 13.1 Å². The fourth-order valence-electron chi connectivity index (χ4n) is 3.76. The first kappa shape index (κ1) is 20.1. The monoisotopic (exact) mass is 429 g/mol. The third kappa shape index (κ3) is 4.10. The van der Waals surface area contributed by atoms with Crippen LogP contribution in [0.5, 0.6) is 0 Å². The van der Waals surface area contributed by atoms with Crippen molar-refractivity contribution in [3.8, 4) is 0 Å². The minimum Gasteiger partial charge on any atom is -0.329 e. The molecule has 0 aliphatic carbocycles. The Balaban J connectivity index is 1.57. The quantitative estimate of drug-likeness (QED) is 0.580. The first-order valence-electron chi connectivity index (χ1n) is 9.72. The molecule has 2 aromatic heterocycles. The molecule has 0 unspecified atom stereocenters. The Morgan fingerprint density at radius 3 is 2.59 bits per heavy atom. The number of pyridine rings is 1. The second-order valence-corrected chi connectivity index (χ2v) is 10.0. The zero-order chi connectivity index (χ0) is 20.6. The third-order valence-corrected chi connectivity index (χ3v) is 7.39. The number of aromatic nitrogens is 2. The van der Waals surface area contributed by atoms with E-state index >= 15 is 0 Å². The summed E-state index contributed by atoms with van der Waals surface area (Å²) in [6, 6.07) is 11.3. The van der Waals surface area contributed by atoms with Gasteiger partial charge in [-0.15, -0.1) is 0 Å². The molecule has 5 nitrogen and oxygen atoms in total. The summed E-state index contributed by atoms with van der Waals surface area (Å²) < 4.78 is 29.4. The Hall–Kier alpha value is -2.15. The normalized spacial score (nSPS) is 15.8. The van der Waals surface area contributed by atoms with E-state index in [2.05, 4.69) is 35.7 Å². The molecule has 3 aromatic rings. The number of benzene rings is 1. The van der Waals surface area contributed by atoms with Gasteiger partial charge in [0.1, 0.15) is 5.65 Å². The van der Waals surface area contributed by atoms with Crippen molar-refractivity contribution < 1.29 is 8.42 Å². The van der Waals surface area contributed by atoms with E-state index in [-0.39, 0.29) is 5.75 Å². The fraction of sp³-hybridized carbons (Fsp3) is 0.318. The highest BCUT2D eigenvalue weighted by Crippen LogP contribution is 2.32. The van der Waals surface area contributed by atoms with Crippen molar-refractivity contribution >= 4 is 38.2 Å². The minimum absolute atomic E-state index is 0.0100. The summed E-state index contributed by atoms with van der Waals surface area (Å²) in [4.78, 5) is 4.55. The molecule has 0 amide bonds. The standard InChI is InChI=1S/C22H24ClN3O2S/c1-16(2)26-14-21(20-4-3-11-24-22(20)26)18-9-12-25(13-10-18)29(27,28)15-17-5-7-19(23)8-6-17/h3-9,11,14,16H,10,12-13,15H2,1-2H3. The number of halogens is 1. The summed E-state index contributed by atoms with van der Waals surface area (Å²) in [5, 5.41) is 1.72. The van der Waals surface area contributed by atoms with Crippen LogP contribution < -0.4 is 0 Å². The molecular weight excluding hydrogens is 406 g/mol. The second-order valence-electron chi connectivity index (χ2n) is 7.64. The van der Waals surface area contributed by atoms with E-state index in [0.717, 1.165) is 22.2 Å². The molecule has 0 fully saturated rings. The summed E-state index contributed by atoms with van der Waals surface area (Å²) in [6.07, 6.45) is 6.68. The molecule has 1 aromatic carbocycles. The predicted molar refractivity (Wildman–Crippen MR) is 118 cm³/mol. The molecular formula is C22H24ClN3O2S. The van der Waals surface area contributed by atoms with Crippen molar-refractivity contribution in [2.45, 2.75) is 32.1 Å². The van der Waals surface area contributed by atoms with Gasteiger partial charge in [0.15, 0.2) is 0 Å². The van der Waals surface area contributed by atoms with Crippen molar-refractivity contribution in [1.29, 1.82) is 0 Å². The van der Waals surface area contributed by atoms with Gasteiger partial charge in [-0.1, -0.05) is 29.8 Å². The van der Waals surface area contributed by atoms with Gasteiger partial charge in [0.05, 0.1) is 5.75 Å². The van der Waals surface area contributed by atoms with Gasteiger partial charge in [0.2, 0.25) is 10.0 Å². The Kier molecular flexibility index (Phi) is 5.51. The van der Waals surface area contributed by atoms with Crippen LogP contribution in [0.25, 0.3) is 16.6 Å². The first-order valence-corrected chi connectivity index (χ1v) is 11.7. The molecule has 4 rings (SSSR count). The largest absolute Gasteiger partial charge is 0.329 e. The maximum Gasteiger partial charge on any atom is 0.218 e. The van der Waals surface area contributed by atoms with Crippen molar-refractivity contribution in [2.24, 2.45) is 0 Å². The zero-order valence-corrected chi connectivity index (χ0v) is 18.1. The summed E-state index contributed by atoms with van der Waals surface area (Å²) in [5.74, 6) is -0.0100.